The number of amides is 1. The molecule has 21 heavy (non-hydrogen) atoms. The molecular weight excluding hydrogens is 296 g/mol. The monoisotopic (exact) mass is 314 g/mol. The molecule has 0 bridgehead atoms. The van der Waals surface area contributed by atoms with Gasteiger partial charge in [0, 0.05) is 31.8 Å². The minimum atomic E-state index is -0.0394. The van der Waals surface area contributed by atoms with E-state index in [-0.39, 0.29) is 25.1 Å². The van der Waals surface area contributed by atoms with Gasteiger partial charge in [0.2, 0.25) is 12.7 Å². The van der Waals surface area contributed by atoms with Crippen molar-refractivity contribution in [3.8, 4) is 11.5 Å². The predicted molar refractivity (Wildman–Crippen MR) is 81.0 cm³/mol. The Morgan fingerprint density at radius 2 is 2.10 bits per heavy atom. The van der Waals surface area contributed by atoms with Crippen LogP contribution < -0.4 is 20.5 Å². The Bertz CT molecular complexity index is 518. The van der Waals surface area contributed by atoms with Crippen LogP contribution in [0.5, 0.6) is 11.5 Å². The lowest BCUT2D eigenvalue weighted by atomic mass is 10.0. The van der Waals surface area contributed by atoms with Crippen LogP contribution in [0.25, 0.3) is 0 Å². The third-order valence-corrected chi connectivity index (χ3v) is 3.62. The number of nitrogens with one attached hydrogen (secondary N) is 1. The molecule has 1 atom stereocenters. The zero-order chi connectivity index (χ0) is 13.9. The highest BCUT2D eigenvalue weighted by atomic mass is 35.5. The molecular formula is C14H19ClN2O4. The highest BCUT2D eigenvalue weighted by molar-refractivity contribution is 5.94. The average molecular weight is 315 g/mol. The van der Waals surface area contributed by atoms with Crippen molar-refractivity contribution in [3.63, 3.8) is 0 Å². The van der Waals surface area contributed by atoms with E-state index in [1.54, 1.807) is 12.1 Å². The summed E-state index contributed by atoms with van der Waals surface area (Å²) in [5.74, 6) is 1.68. The van der Waals surface area contributed by atoms with E-state index in [2.05, 4.69) is 5.32 Å². The highest BCUT2D eigenvalue weighted by Gasteiger charge is 2.19. The van der Waals surface area contributed by atoms with E-state index in [4.69, 9.17) is 19.9 Å². The summed E-state index contributed by atoms with van der Waals surface area (Å²) >= 11 is 0. The zero-order valence-electron chi connectivity index (χ0n) is 11.6. The van der Waals surface area contributed by atoms with Gasteiger partial charge in [-0.05, 0) is 18.8 Å². The molecule has 2 aliphatic heterocycles. The topological polar surface area (TPSA) is 82.8 Å². The average Bonchev–Trinajstić information content (AvgIpc) is 3.07. The van der Waals surface area contributed by atoms with Gasteiger partial charge in [-0.25, -0.2) is 0 Å². The number of carbonyl (C=O) groups excluding carboxylic acids is 1. The van der Waals surface area contributed by atoms with Gasteiger partial charge in [-0.1, -0.05) is 0 Å². The first-order chi connectivity index (χ1) is 9.72. The molecule has 1 fully saturated rings. The Labute approximate surface area is 129 Å². The Balaban J connectivity index is 0.00000161. The number of hydrogen-bond acceptors (Lipinski definition) is 5. The minimum Gasteiger partial charge on any atom is -0.454 e. The number of anilines is 2. The smallest absolute Gasteiger partial charge is 0.231 e. The largest absolute Gasteiger partial charge is 0.454 e. The number of carbonyl (C=O) groups is 1. The van der Waals surface area contributed by atoms with Crippen molar-refractivity contribution in [2.75, 3.05) is 31.1 Å². The summed E-state index contributed by atoms with van der Waals surface area (Å²) in [7, 11) is 0. The maximum absolute atomic E-state index is 11.9. The molecule has 0 saturated carbocycles. The zero-order valence-corrected chi connectivity index (χ0v) is 12.4. The maximum atomic E-state index is 11.9. The molecule has 2 heterocycles. The highest BCUT2D eigenvalue weighted by Crippen LogP contribution is 2.38. The molecule has 6 nitrogen and oxygen atoms in total. The SMILES string of the molecule is Cl.Nc1cc2c(cc1NC(=O)CCC1CCOC1)OCO2. The summed E-state index contributed by atoms with van der Waals surface area (Å²) in [6.07, 6.45) is 2.36. The second-order valence-corrected chi connectivity index (χ2v) is 5.11. The van der Waals surface area contributed by atoms with E-state index >= 15 is 0 Å². The fraction of sp³-hybridized carbons (Fsp3) is 0.500. The predicted octanol–water partition coefficient (Wildman–Crippen LogP) is 2.17. The van der Waals surface area contributed by atoms with Crippen molar-refractivity contribution in [1.82, 2.24) is 0 Å². The Hall–Kier alpha value is -1.66. The van der Waals surface area contributed by atoms with Crippen molar-refractivity contribution < 1.29 is 19.0 Å². The van der Waals surface area contributed by atoms with Crippen LogP contribution in [-0.4, -0.2) is 25.9 Å². The van der Waals surface area contributed by atoms with E-state index in [0.29, 0.717) is 35.2 Å². The fourth-order valence-corrected chi connectivity index (χ4v) is 2.42. The fourth-order valence-electron chi connectivity index (χ4n) is 2.42. The molecule has 1 amide bonds. The molecule has 116 valence electrons. The normalized spacial score (nSPS) is 19.1. The van der Waals surface area contributed by atoms with Crippen molar-refractivity contribution in [3.05, 3.63) is 12.1 Å². The standard InChI is InChI=1S/C14H18N2O4.ClH/c15-10-5-12-13(20-8-19-12)6-11(10)16-14(17)2-1-9-3-4-18-7-9;/h5-6,9H,1-4,7-8,15H2,(H,16,17);1H. The van der Waals surface area contributed by atoms with E-state index in [0.717, 1.165) is 26.1 Å². The number of fused-ring (bicyclic) bond motifs is 1. The molecule has 1 aromatic rings. The molecule has 0 spiro atoms. The molecule has 0 aromatic heterocycles. The first-order valence-electron chi connectivity index (χ1n) is 6.79. The van der Waals surface area contributed by atoms with Gasteiger partial charge in [-0.2, -0.15) is 0 Å². The van der Waals surface area contributed by atoms with Crippen molar-refractivity contribution >= 4 is 29.7 Å². The lowest BCUT2D eigenvalue weighted by Gasteiger charge is -2.10. The minimum absolute atomic E-state index is 0. The van der Waals surface area contributed by atoms with Crippen LogP contribution >= 0.6 is 12.4 Å². The van der Waals surface area contributed by atoms with Crippen molar-refractivity contribution in [2.24, 2.45) is 5.92 Å². The van der Waals surface area contributed by atoms with Crippen molar-refractivity contribution in [2.45, 2.75) is 19.3 Å². The summed E-state index contributed by atoms with van der Waals surface area (Å²) in [5.41, 5.74) is 6.94. The van der Waals surface area contributed by atoms with E-state index in [9.17, 15) is 4.79 Å². The van der Waals surface area contributed by atoms with Crippen molar-refractivity contribution in [1.29, 1.82) is 0 Å². The molecule has 0 aliphatic carbocycles. The third kappa shape index (κ3) is 3.71. The summed E-state index contributed by atoms with van der Waals surface area (Å²) in [5, 5.41) is 2.82. The summed E-state index contributed by atoms with van der Waals surface area (Å²) in [4.78, 5) is 11.9. The van der Waals surface area contributed by atoms with Crippen LogP contribution in [0, 0.1) is 5.92 Å². The number of hydrogen-bond donors (Lipinski definition) is 2. The molecule has 0 radical (unpaired) electrons. The summed E-state index contributed by atoms with van der Waals surface area (Å²) in [6.45, 7) is 1.76. The molecule has 7 heteroatoms. The Morgan fingerprint density at radius 3 is 2.81 bits per heavy atom. The first kappa shape index (κ1) is 15.7. The van der Waals surface area contributed by atoms with Gasteiger partial charge in [0.1, 0.15) is 0 Å². The maximum Gasteiger partial charge on any atom is 0.231 e. The number of ether oxygens (including phenoxy) is 3. The van der Waals surface area contributed by atoms with Gasteiger partial charge in [0.15, 0.2) is 11.5 Å². The number of rotatable bonds is 4. The number of halogens is 1. The molecule has 2 aliphatic rings. The van der Waals surface area contributed by atoms with Gasteiger partial charge >= 0.3 is 0 Å². The second-order valence-electron chi connectivity index (χ2n) is 5.11. The third-order valence-electron chi connectivity index (χ3n) is 3.62. The molecule has 1 saturated heterocycles. The molecule has 1 aromatic carbocycles. The molecule has 1 unspecified atom stereocenters. The number of nitrogens with two attached hydrogens (primary N) is 1. The van der Waals surface area contributed by atoms with Crippen LogP contribution in [0.15, 0.2) is 12.1 Å². The Morgan fingerprint density at radius 1 is 1.33 bits per heavy atom. The van der Waals surface area contributed by atoms with Gasteiger partial charge < -0.3 is 25.3 Å². The lowest BCUT2D eigenvalue weighted by Crippen LogP contribution is -2.14. The summed E-state index contributed by atoms with van der Waals surface area (Å²) in [6, 6.07) is 3.37. The Kier molecular flexibility index (Phi) is 5.14. The van der Waals surface area contributed by atoms with E-state index in [1.807, 2.05) is 0 Å². The van der Waals surface area contributed by atoms with Gasteiger partial charge in [0.05, 0.1) is 11.4 Å². The molecule has 3 rings (SSSR count). The summed E-state index contributed by atoms with van der Waals surface area (Å²) < 4.78 is 15.8. The van der Waals surface area contributed by atoms with Crippen LogP contribution in [0.4, 0.5) is 11.4 Å². The van der Waals surface area contributed by atoms with Gasteiger partial charge in [-0.15, -0.1) is 12.4 Å². The van der Waals surface area contributed by atoms with Gasteiger partial charge in [-0.3, -0.25) is 4.79 Å². The quantitative estimate of drug-likeness (QED) is 0.832. The van der Waals surface area contributed by atoms with Crippen LogP contribution in [0.3, 0.4) is 0 Å². The van der Waals surface area contributed by atoms with Crippen LogP contribution in [0.2, 0.25) is 0 Å². The second kappa shape index (κ2) is 6.87. The first-order valence-corrected chi connectivity index (χ1v) is 6.79. The van der Waals surface area contributed by atoms with E-state index in [1.165, 1.54) is 0 Å². The number of benzene rings is 1. The van der Waals surface area contributed by atoms with Gasteiger partial charge in [0.25, 0.3) is 0 Å². The van der Waals surface area contributed by atoms with Crippen LogP contribution in [-0.2, 0) is 9.53 Å². The van der Waals surface area contributed by atoms with E-state index < -0.39 is 0 Å². The molecule has 3 N–H and O–H groups in total. The van der Waals surface area contributed by atoms with Crippen LogP contribution in [0.1, 0.15) is 19.3 Å². The number of nitrogen functional groups attached to an aromatic ring is 1. The lowest BCUT2D eigenvalue weighted by molar-refractivity contribution is -0.116.